The maximum absolute atomic E-state index is 5.41. The van der Waals surface area contributed by atoms with E-state index in [2.05, 4.69) is 40.0 Å². The first-order valence-electron chi connectivity index (χ1n) is 6.11. The third-order valence-electron chi connectivity index (χ3n) is 3.77. The molecule has 0 amide bonds. The van der Waals surface area contributed by atoms with Crippen molar-refractivity contribution in [2.45, 2.75) is 19.3 Å². The van der Waals surface area contributed by atoms with Gasteiger partial charge < -0.3 is 9.64 Å². The lowest BCUT2D eigenvalue weighted by Gasteiger charge is -2.43. The van der Waals surface area contributed by atoms with Crippen LogP contribution in [0.4, 0.5) is 5.69 Å². The molecule has 1 aromatic carbocycles. The van der Waals surface area contributed by atoms with Gasteiger partial charge in [0.1, 0.15) is 5.75 Å². The Balaban J connectivity index is 2.11. The van der Waals surface area contributed by atoms with Gasteiger partial charge in [-0.2, -0.15) is 0 Å². The number of methoxy groups -OCH3 is 1. The van der Waals surface area contributed by atoms with E-state index in [0.717, 1.165) is 17.6 Å². The minimum Gasteiger partial charge on any atom is -0.495 e. The second-order valence-electron chi connectivity index (χ2n) is 5.02. The molecule has 1 fully saturated rings. The van der Waals surface area contributed by atoms with Crippen LogP contribution < -0.4 is 9.64 Å². The molecular weight excluding hydrogens is 278 g/mol. The fourth-order valence-corrected chi connectivity index (χ4v) is 3.28. The maximum Gasteiger partial charge on any atom is 0.142 e. The molecule has 0 aliphatic heterocycles. The van der Waals surface area contributed by atoms with E-state index in [0.29, 0.717) is 5.41 Å². The lowest BCUT2D eigenvalue weighted by atomic mass is 9.70. The number of ether oxygens (including phenoxy) is 1. The summed E-state index contributed by atoms with van der Waals surface area (Å²) >= 11 is 3.66. The lowest BCUT2D eigenvalue weighted by Crippen LogP contribution is -2.42. The van der Waals surface area contributed by atoms with Crippen LogP contribution in [0.2, 0.25) is 0 Å². The molecule has 0 saturated heterocycles. The van der Waals surface area contributed by atoms with Crippen LogP contribution in [-0.2, 0) is 0 Å². The molecule has 2 rings (SSSR count). The number of hydrogen-bond acceptors (Lipinski definition) is 2. The highest BCUT2D eigenvalue weighted by molar-refractivity contribution is 9.09. The van der Waals surface area contributed by atoms with Crippen molar-refractivity contribution in [3.8, 4) is 5.75 Å². The fourth-order valence-electron chi connectivity index (χ4n) is 2.54. The molecule has 0 atom stereocenters. The van der Waals surface area contributed by atoms with E-state index in [9.17, 15) is 0 Å². The lowest BCUT2D eigenvalue weighted by molar-refractivity contribution is 0.179. The van der Waals surface area contributed by atoms with E-state index >= 15 is 0 Å². The zero-order valence-electron chi connectivity index (χ0n) is 10.6. The van der Waals surface area contributed by atoms with Crippen molar-refractivity contribution in [3.05, 3.63) is 24.3 Å². The molecule has 0 heterocycles. The Kier molecular flexibility index (Phi) is 3.97. The fraction of sp³-hybridized carbons (Fsp3) is 0.571. The van der Waals surface area contributed by atoms with Gasteiger partial charge in [-0.3, -0.25) is 0 Å². The molecular formula is C14H20BrNO. The molecule has 94 valence electrons. The molecule has 3 heteroatoms. The van der Waals surface area contributed by atoms with Crippen LogP contribution in [0.1, 0.15) is 19.3 Å². The van der Waals surface area contributed by atoms with Gasteiger partial charge in [0, 0.05) is 18.9 Å². The standard InChI is InChI=1S/C14H20BrNO/c1-16(11-14(10-15)8-5-9-14)12-6-3-4-7-13(12)17-2/h3-4,6-7H,5,8-11H2,1-2H3. The minimum absolute atomic E-state index is 0.468. The average Bonchev–Trinajstić information content (AvgIpc) is 2.33. The molecule has 17 heavy (non-hydrogen) atoms. The quantitative estimate of drug-likeness (QED) is 0.769. The number of benzene rings is 1. The van der Waals surface area contributed by atoms with Gasteiger partial charge >= 0.3 is 0 Å². The Morgan fingerprint density at radius 3 is 2.59 bits per heavy atom. The van der Waals surface area contributed by atoms with Crippen LogP contribution in [0.3, 0.4) is 0 Å². The largest absolute Gasteiger partial charge is 0.495 e. The van der Waals surface area contributed by atoms with Crippen LogP contribution in [0.15, 0.2) is 24.3 Å². The summed E-state index contributed by atoms with van der Waals surface area (Å²) in [5.74, 6) is 0.957. The molecule has 0 spiro atoms. The summed E-state index contributed by atoms with van der Waals surface area (Å²) in [6.07, 6.45) is 4.03. The van der Waals surface area contributed by atoms with Gasteiger partial charge in [-0.25, -0.2) is 0 Å². The van der Waals surface area contributed by atoms with Crippen LogP contribution in [0.25, 0.3) is 0 Å². The van der Waals surface area contributed by atoms with E-state index in [-0.39, 0.29) is 0 Å². The average molecular weight is 298 g/mol. The van der Waals surface area contributed by atoms with Gasteiger partial charge in [-0.1, -0.05) is 34.5 Å². The van der Waals surface area contributed by atoms with Crippen molar-refractivity contribution in [1.29, 1.82) is 0 Å². The number of para-hydroxylation sites is 2. The monoisotopic (exact) mass is 297 g/mol. The van der Waals surface area contributed by atoms with Gasteiger partial charge in [-0.05, 0) is 30.4 Å². The number of hydrogen-bond donors (Lipinski definition) is 0. The summed E-state index contributed by atoms with van der Waals surface area (Å²) in [6.45, 7) is 1.10. The number of anilines is 1. The summed E-state index contributed by atoms with van der Waals surface area (Å²) < 4.78 is 5.41. The van der Waals surface area contributed by atoms with Crippen LogP contribution >= 0.6 is 15.9 Å². The van der Waals surface area contributed by atoms with Gasteiger partial charge in [0.05, 0.1) is 12.8 Å². The molecule has 0 aromatic heterocycles. The van der Waals surface area contributed by atoms with Crippen molar-refractivity contribution >= 4 is 21.6 Å². The predicted molar refractivity (Wildman–Crippen MR) is 76.3 cm³/mol. The first-order chi connectivity index (χ1) is 8.21. The first kappa shape index (κ1) is 12.7. The summed E-state index contributed by atoms with van der Waals surface area (Å²) in [7, 11) is 3.89. The summed E-state index contributed by atoms with van der Waals surface area (Å²) in [5.41, 5.74) is 1.65. The molecule has 1 aromatic rings. The Labute approximate surface area is 112 Å². The molecule has 1 aliphatic carbocycles. The third-order valence-corrected chi connectivity index (χ3v) is 4.96. The number of rotatable bonds is 5. The smallest absolute Gasteiger partial charge is 0.142 e. The molecule has 0 bridgehead atoms. The van der Waals surface area contributed by atoms with Gasteiger partial charge in [0.15, 0.2) is 0 Å². The summed E-state index contributed by atoms with van der Waals surface area (Å²) in [4.78, 5) is 2.32. The van der Waals surface area contributed by atoms with E-state index in [4.69, 9.17) is 4.74 Å². The summed E-state index contributed by atoms with van der Waals surface area (Å²) in [5, 5.41) is 1.10. The Bertz CT molecular complexity index is 371. The van der Waals surface area contributed by atoms with Crippen molar-refractivity contribution in [2.24, 2.45) is 5.41 Å². The Hall–Kier alpha value is -0.700. The molecule has 0 unspecified atom stereocenters. The highest BCUT2D eigenvalue weighted by atomic mass is 79.9. The van der Waals surface area contributed by atoms with Crippen LogP contribution in [0.5, 0.6) is 5.75 Å². The first-order valence-corrected chi connectivity index (χ1v) is 7.23. The highest BCUT2D eigenvalue weighted by Crippen LogP contribution is 2.44. The van der Waals surface area contributed by atoms with Crippen molar-refractivity contribution in [2.75, 3.05) is 30.9 Å². The SMILES string of the molecule is COc1ccccc1N(C)CC1(CBr)CCC1. The predicted octanol–water partition coefficient (Wildman–Crippen LogP) is 3.70. The van der Waals surface area contributed by atoms with Crippen molar-refractivity contribution in [3.63, 3.8) is 0 Å². The van der Waals surface area contributed by atoms with E-state index < -0.39 is 0 Å². The normalized spacial score (nSPS) is 17.4. The van der Waals surface area contributed by atoms with Gasteiger partial charge in [0.25, 0.3) is 0 Å². The number of nitrogens with zero attached hydrogens (tertiary/aromatic N) is 1. The molecule has 1 saturated carbocycles. The number of halogens is 1. The van der Waals surface area contributed by atoms with Crippen LogP contribution in [-0.4, -0.2) is 26.0 Å². The van der Waals surface area contributed by atoms with E-state index in [1.165, 1.54) is 24.9 Å². The van der Waals surface area contributed by atoms with Crippen molar-refractivity contribution < 1.29 is 4.74 Å². The molecule has 0 radical (unpaired) electrons. The van der Waals surface area contributed by atoms with Crippen LogP contribution in [0, 0.1) is 5.41 Å². The Morgan fingerprint density at radius 1 is 1.35 bits per heavy atom. The zero-order valence-corrected chi connectivity index (χ0v) is 12.2. The van der Waals surface area contributed by atoms with E-state index in [1.54, 1.807) is 7.11 Å². The summed E-state index contributed by atoms with van der Waals surface area (Å²) in [6, 6.07) is 8.22. The van der Waals surface area contributed by atoms with Gasteiger partial charge in [-0.15, -0.1) is 0 Å². The Morgan fingerprint density at radius 2 is 2.06 bits per heavy atom. The molecule has 0 N–H and O–H groups in total. The maximum atomic E-state index is 5.41. The van der Waals surface area contributed by atoms with Gasteiger partial charge in [0.2, 0.25) is 0 Å². The second-order valence-corrected chi connectivity index (χ2v) is 5.58. The number of alkyl halides is 1. The minimum atomic E-state index is 0.468. The molecule has 2 nitrogen and oxygen atoms in total. The molecule has 1 aliphatic rings. The zero-order chi connectivity index (χ0) is 12.3. The topological polar surface area (TPSA) is 12.5 Å². The van der Waals surface area contributed by atoms with Crippen molar-refractivity contribution in [1.82, 2.24) is 0 Å². The second kappa shape index (κ2) is 5.30. The highest BCUT2D eigenvalue weighted by Gasteiger charge is 2.37. The van der Waals surface area contributed by atoms with E-state index in [1.807, 2.05) is 12.1 Å². The third kappa shape index (κ3) is 2.59.